The third-order valence-electron chi connectivity index (χ3n) is 4.79. The molecule has 2 aromatic heterocycles. The van der Waals surface area contributed by atoms with E-state index in [1.807, 2.05) is 13.8 Å². The van der Waals surface area contributed by atoms with Crippen LogP contribution >= 0.6 is 22.7 Å². The first-order chi connectivity index (χ1) is 17.9. The molecule has 0 spiro atoms. The van der Waals surface area contributed by atoms with Crippen molar-refractivity contribution in [3.8, 4) is 0 Å². The number of nitrogens with one attached hydrogen (secondary N) is 2. The van der Waals surface area contributed by atoms with E-state index in [1.165, 1.54) is 22.7 Å². The minimum absolute atomic E-state index is 0.0424. The number of carbonyl (C=O) groups is 4. The Morgan fingerprint density at radius 3 is 1.92 bits per heavy atom. The van der Waals surface area contributed by atoms with E-state index in [2.05, 4.69) is 20.3 Å². The lowest BCUT2D eigenvalue weighted by atomic mass is 9.93. The van der Waals surface area contributed by atoms with Crippen LogP contribution in [0.1, 0.15) is 51.3 Å². The summed E-state index contributed by atoms with van der Waals surface area (Å²) in [6.45, 7) is 11.2. The number of aliphatic imine (C=N–C) groups is 1. The van der Waals surface area contributed by atoms with Gasteiger partial charge in [0.2, 0.25) is 5.91 Å². The summed E-state index contributed by atoms with van der Waals surface area (Å²) in [4.78, 5) is 59.1. The first-order valence-electron chi connectivity index (χ1n) is 11.8. The molecule has 208 valence electrons. The third-order valence-corrected chi connectivity index (χ3v) is 6.38. The van der Waals surface area contributed by atoms with Crippen molar-refractivity contribution in [1.29, 1.82) is 5.41 Å². The number of hydrogen-bond donors (Lipinski definition) is 3. The van der Waals surface area contributed by atoms with Crippen LogP contribution in [-0.2, 0) is 28.7 Å². The van der Waals surface area contributed by atoms with Crippen molar-refractivity contribution in [3.05, 3.63) is 33.2 Å². The van der Waals surface area contributed by atoms with E-state index in [0.29, 0.717) is 10.7 Å². The van der Waals surface area contributed by atoms with Crippen molar-refractivity contribution in [2.75, 3.05) is 13.2 Å². The molecule has 0 aliphatic carbocycles. The van der Waals surface area contributed by atoms with E-state index >= 15 is 0 Å². The van der Waals surface area contributed by atoms with Gasteiger partial charge < -0.3 is 20.5 Å². The number of nitrogen functional groups attached to an aromatic ring is 1. The summed E-state index contributed by atoms with van der Waals surface area (Å²) in [5, 5.41) is 9.54. The second-order valence-corrected chi connectivity index (χ2v) is 10.2. The second-order valence-electron chi connectivity index (χ2n) is 8.38. The average molecular weight is 567 g/mol. The Morgan fingerprint density at radius 1 is 1.03 bits per heavy atom. The highest BCUT2D eigenvalue weighted by Crippen LogP contribution is 2.18. The lowest BCUT2D eigenvalue weighted by Gasteiger charge is -2.21. The maximum atomic E-state index is 11.7. The number of carbonyl (C=O) groups excluding carboxylic acids is 4. The van der Waals surface area contributed by atoms with Gasteiger partial charge in [0.1, 0.15) is 11.8 Å². The van der Waals surface area contributed by atoms with Gasteiger partial charge in [-0.25, -0.2) is 0 Å². The second kappa shape index (κ2) is 16.3. The number of amides is 2. The fraction of sp³-hybridized carbons (Fsp3) is 0.500. The zero-order valence-electron chi connectivity index (χ0n) is 22.2. The van der Waals surface area contributed by atoms with Crippen LogP contribution in [0, 0.1) is 29.1 Å². The van der Waals surface area contributed by atoms with Crippen LogP contribution in [-0.4, -0.2) is 58.6 Å². The van der Waals surface area contributed by atoms with E-state index in [4.69, 9.17) is 20.6 Å². The van der Waals surface area contributed by atoms with Gasteiger partial charge in [-0.05, 0) is 25.7 Å². The Labute approximate surface area is 229 Å². The van der Waals surface area contributed by atoms with Gasteiger partial charge in [-0.3, -0.25) is 34.6 Å². The molecule has 1 unspecified atom stereocenters. The number of hydrogen-bond acceptors (Lipinski definition) is 11. The maximum absolute atomic E-state index is 11.7. The average Bonchev–Trinajstić information content (AvgIpc) is 3.54. The van der Waals surface area contributed by atoms with E-state index in [-0.39, 0.29) is 42.7 Å². The number of nitrogens with zero attached hydrogens (tertiary/aromatic N) is 3. The highest BCUT2D eigenvalue weighted by atomic mass is 32.1. The van der Waals surface area contributed by atoms with Crippen LogP contribution in [0.4, 0.5) is 0 Å². The van der Waals surface area contributed by atoms with Gasteiger partial charge in [0.25, 0.3) is 5.91 Å². The smallest absolute Gasteiger partial charge is 0.320 e. The molecule has 1 atom stereocenters. The molecular weight excluding hydrogens is 532 g/mol. The minimum Gasteiger partial charge on any atom is -0.465 e. The van der Waals surface area contributed by atoms with Gasteiger partial charge in [-0.15, -0.1) is 22.7 Å². The van der Waals surface area contributed by atoms with Crippen LogP contribution in [0.5, 0.6) is 0 Å². The lowest BCUT2D eigenvalue weighted by Crippen LogP contribution is -2.46. The molecule has 1 aliphatic rings. The number of aromatic nitrogens is 2. The Bertz CT molecular complexity index is 1080. The maximum Gasteiger partial charge on any atom is 0.320 e. The van der Waals surface area contributed by atoms with Crippen molar-refractivity contribution >= 4 is 58.1 Å². The summed E-state index contributed by atoms with van der Waals surface area (Å²) < 4.78 is 9.59. The molecule has 2 amide bonds. The molecular formula is C24H34N6O6S2. The normalized spacial score (nSPS) is 14.6. The van der Waals surface area contributed by atoms with E-state index in [0.717, 1.165) is 4.88 Å². The molecule has 38 heavy (non-hydrogen) atoms. The number of nitrogens with two attached hydrogens (primary N) is 1. The molecule has 2 aromatic rings. The zero-order chi connectivity index (χ0) is 28.8. The topological polar surface area (TPSA) is 187 Å². The number of ether oxygens (including phenoxy) is 2. The summed E-state index contributed by atoms with van der Waals surface area (Å²) in [6.07, 6.45) is 3.15. The summed E-state index contributed by atoms with van der Waals surface area (Å²) in [5.41, 5.74) is 8.39. The summed E-state index contributed by atoms with van der Waals surface area (Å²) in [7, 11) is 0. The van der Waals surface area contributed by atoms with Gasteiger partial charge in [0.15, 0.2) is 11.8 Å². The van der Waals surface area contributed by atoms with Crippen molar-refractivity contribution in [3.63, 3.8) is 0 Å². The van der Waals surface area contributed by atoms with E-state index in [9.17, 15) is 19.2 Å². The first-order valence-corrected chi connectivity index (χ1v) is 13.6. The Morgan fingerprint density at radius 2 is 1.58 bits per heavy atom. The molecule has 0 fully saturated rings. The minimum atomic E-state index is -0.796. The molecule has 0 saturated heterocycles. The molecule has 0 radical (unpaired) electrons. The largest absolute Gasteiger partial charge is 0.465 e. The monoisotopic (exact) mass is 566 g/mol. The number of thiazole rings is 2. The molecule has 3 rings (SSSR count). The standard InChI is InChI=1S/C10H11N3O2S.C10H18O4.C4H5N3S/c1-5(2)7-9(14)12-8(13-10(7)15)6-3-11-4-16-6;1-5-13-9(11)8(7(3)4)10(12)14-6-2;5-4(6)3-1-7-2-8-3/h3-5,7H,1-2H3,(H,12,13,14,15);7-8H,5-6H2,1-4H3;1-2H,(H3,5,6). The number of rotatable bonds is 8. The van der Waals surface area contributed by atoms with Gasteiger partial charge in [0.05, 0.1) is 34.0 Å². The molecule has 1 aliphatic heterocycles. The van der Waals surface area contributed by atoms with Crippen molar-refractivity contribution in [2.45, 2.75) is 41.5 Å². The number of amidine groups is 2. The molecule has 0 saturated carbocycles. The number of esters is 2. The van der Waals surface area contributed by atoms with Crippen LogP contribution in [0.25, 0.3) is 0 Å². The Hall–Kier alpha value is -3.52. The van der Waals surface area contributed by atoms with Gasteiger partial charge in [-0.2, -0.15) is 4.99 Å². The highest BCUT2D eigenvalue weighted by Gasteiger charge is 2.35. The van der Waals surface area contributed by atoms with E-state index in [1.54, 1.807) is 51.1 Å². The Balaban J connectivity index is 0.000000300. The molecule has 0 aromatic carbocycles. The quantitative estimate of drug-likeness (QED) is 0.187. The molecule has 14 heteroatoms. The van der Waals surface area contributed by atoms with Gasteiger partial charge >= 0.3 is 11.9 Å². The van der Waals surface area contributed by atoms with Crippen LogP contribution in [0.15, 0.2) is 28.4 Å². The molecule has 12 nitrogen and oxygen atoms in total. The van der Waals surface area contributed by atoms with Crippen LogP contribution in [0.2, 0.25) is 0 Å². The summed E-state index contributed by atoms with van der Waals surface area (Å²) in [5.74, 6) is -2.86. The fourth-order valence-electron chi connectivity index (χ4n) is 3.01. The predicted octanol–water partition coefficient (Wildman–Crippen LogP) is 2.63. The van der Waals surface area contributed by atoms with Crippen molar-refractivity contribution in [1.82, 2.24) is 15.3 Å². The summed E-state index contributed by atoms with van der Waals surface area (Å²) >= 11 is 2.70. The SMILES string of the molecule is CC(C)C1C(=O)N=C(c2cncs2)NC1=O.CCOC(=O)C(C(=O)OCC)C(C)C.N=C(N)c1cncs1. The van der Waals surface area contributed by atoms with Gasteiger partial charge in [-0.1, -0.05) is 27.7 Å². The van der Waals surface area contributed by atoms with Crippen LogP contribution in [0.3, 0.4) is 0 Å². The van der Waals surface area contributed by atoms with Crippen molar-refractivity contribution in [2.24, 2.45) is 34.4 Å². The highest BCUT2D eigenvalue weighted by molar-refractivity contribution is 7.12. The molecule has 3 heterocycles. The van der Waals surface area contributed by atoms with E-state index < -0.39 is 23.8 Å². The predicted molar refractivity (Wildman–Crippen MR) is 145 cm³/mol. The lowest BCUT2D eigenvalue weighted by molar-refractivity contribution is -0.163. The zero-order valence-corrected chi connectivity index (χ0v) is 23.9. The fourth-order valence-corrected chi connectivity index (χ4v) is 4.05. The van der Waals surface area contributed by atoms with Crippen LogP contribution < -0.4 is 11.1 Å². The first kappa shape index (κ1) is 32.5. The third kappa shape index (κ3) is 10.1. The van der Waals surface area contributed by atoms with Gasteiger partial charge in [0, 0.05) is 12.4 Å². The summed E-state index contributed by atoms with van der Waals surface area (Å²) in [6, 6.07) is 0. The molecule has 4 N–H and O–H groups in total. The van der Waals surface area contributed by atoms with Crippen molar-refractivity contribution < 1.29 is 28.7 Å². The molecule has 0 bridgehead atoms. The Kier molecular flexibility index (Phi) is 14.0.